The molecule has 1 N–H and O–H groups in total. The van der Waals surface area contributed by atoms with E-state index in [0.29, 0.717) is 11.7 Å². The van der Waals surface area contributed by atoms with E-state index in [9.17, 15) is 9.59 Å². The highest BCUT2D eigenvalue weighted by Gasteiger charge is 2.06. The van der Waals surface area contributed by atoms with Crippen LogP contribution in [-0.2, 0) is 6.61 Å². The molecule has 0 aliphatic rings. The van der Waals surface area contributed by atoms with E-state index in [2.05, 4.69) is 4.98 Å². The number of benzene rings is 1. The van der Waals surface area contributed by atoms with Crippen molar-refractivity contribution < 1.29 is 9.47 Å². The van der Waals surface area contributed by atoms with Crippen molar-refractivity contribution in [2.45, 2.75) is 6.61 Å². The zero-order chi connectivity index (χ0) is 16.9. The molecule has 2 heterocycles. The van der Waals surface area contributed by atoms with Crippen LogP contribution in [-0.4, -0.2) is 16.7 Å². The quantitative estimate of drug-likeness (QED) is 0.780. The maximum atomic E-state index is 11.7. The van der Waals surface area contributed by atoms with E-state index < -0.39 is 0 Å². The first-order valence-electron chi connectivity index (χ1n) is 7.33. The van der Waals surface area contributed by atoms with Gasteiger partial charge in [-0.05, 0) is 17.7 Å². The molecule has 24 heavy (non-hydrogen) atoms. The lowest BCUT2D eigenvalue weighted by molar-refractivity contribution is 0.285. The second kappa shape index (κ2) is 6.87. The third-order valence-corrected chi connectivity index (χ3v) is 3.45. The van der Waals surface area contributed by atoms with Crippen LogP contribution >= 0.6 is 0 Å². The molecule has 0 spiro atoms. The molecule has 3 rings (SSSR count). The van der Waals surface area contributed by atoms with E-state index in [1.165, 1.54) is 24.3 Å². The molecule has 0 bridgehead atoms. The van der Waals surface area contributed by atoms with Gasteiger partial charge in [-0.2, -0.15) is 0 Å². The highest BCUT2D eigenvalue weighted by atomic mass is 16.5. The Morgan fingerprint density at radius 3 is 2.46 bits per heavy atom. The monoisotopic (exact) mass is 324 g/mol. The number of nitrogens with zero attached hydrogens (tertiary/aromatic N) is 1. The van der Waals surface area contributed by atoms with E-state index in [1.54, 1.807) is 24.1 Å². The first-order valence-corrected chi connectivity index (χ1v) is 7.33. The maximum absolute atomic E-state index is 11.7. The lowest BCUT2D eigenvalue weighted by Crippen LogP contribution is -2.12. The maximum Gasteiger partial charge on any atom is 0.203 e. The lowest BCUT2D eigenvalue weighted by atomic mass is 10.2. The van der Waals surface area contributed by atoms with Gasteiger partial charge >= 0.3 is 0 Å². The van der Waals surface area contributed by atoms with Gasteiger partial charge in [-0.3, -0.25) is 14.2 Å². The van der Waals surface area contributed by atoms with Gasteiger partial charge in [0.2, 0.25) is 5.88 Å². The minimum absolute atomic E-state index is 0.136. The summed E-state index contributed by atoms with van der Waals surface area (Å²) in [6.45, 7) is 0.282. The Bertz CT molecular complexity index is 942. The Hall–Kier alpha value is -3.28. The number of hydrogen-bond donors (Lipinski definition) is 1. The summed E-state index contributed by atoms with van der Waals surface area (Å²) < 4.78 is 12.5. The molecule has 3 aromatic rings. The highest BCUT2D eigenvalue weighted by Crippen LogP contribution is 2.16. The molecule has 0 atom stereocenters. The first kappa shape index (κ1) is 15.6. The normalized spacial score (nSPS) is 10.4. The number of aromatic nitrogens is 2. The predicted octanol–water partition coefficient (Wildman–Crippen LogP) is 2.11. The fourth-order valence-corrected chi connectivity index (χ4v) is 2.22. The second-order valence-electron chi connectivity index (χ2n) is 5.12. The highest BCUT2D eigenvalue weighted by molar-refractivity contribution is 5.30. The summed E-state index contributed by atoms with van der Waals surface area (Å²) in [6, 6.07) is 13.1. The molecule has 0 amide bonds. The summed E-state index contributed by atoms with van der Waals surface area (Å²) in [6.07, 6.45) is 3.11. The first-order chi connectivity index (χ1) is 11.7. The van der Waals surface area contributed by atoms with Crippen molar-refractivity contribution >= 4 is 0 Å². The van der Waals surface area contributed by atoms with Crippen molar-refractivity contribution in [3.63, 3.8) is 0 Å². The van der Waals surface area contributed by atoms with Gasteiger partial charge in [0.15, 0.2) is 10.9 Å². The van der Waals surface area contributed by atoms with Crippen molar-refractivity contribution in [1.82, 2.24) is 9.55 Å². The Labute approximate surface area is 137 Å². The van der Waals surface area contributed by atoms with Gasteiger partial charge in [0.05, 0.1) is 7.11 Å². The van der Waals surface area contributed by atoms with Gasteiger partial charge in [0, 0.05) is 36.7 Å². The molecule has 122 valence electrons. The van der Waals surface area contributed by atoms with Gasteiger partial charge in [0.25, 0.3) is 0 Å². The average Bonchev–Trinajstić information content (AvgIpc) is 2.60. The number of methoxy groups -OCH3 is 1. The van der Waals surface area contributed by atoms with E-state index in [1.807, 2.05) is 24.3 Å². The van der Waals surface area contributed by atoms with E-state index >= 15 is 0 Å². The standard InChI is InChI=1S/C18H16N2O4/c1-23-16-4-2-13(3-5-16)12-24-18-11-15(22)7-9-20(18)17-10-14(21)6-8-19-17/h2-11H,12H2,1H3,(H,19,21). The Morgan fingerprint density at radius 2 is 1.75 bits per heavy atom. The summed E-state index contributed by atoms with van der Waals surface area (Å²) in [7, 11) is 1.61. The summed E-state index contributed by atoms with van der Waals surface area (Å²) in [4.78, 5) is 26.2. The van der Waals surface area contributed by atoms with Crippen LogP contribution in [0.5, 0.6) is 11.6 Å². The topological polar surface area (TPSA) is 73.3 Å². The molecule has 0 radical (unpaired) electrons. The third kappa shape index (κ3) is 3.55. The van der Waals surface area contributed by atoms with Crippen molar-refractivity contribution in [2.75, 3.05) is 7.11 Å². The van der Waals surface area contributed by atoms with Crippen LogP contribution in [0.4, 0.5) is 0 Å². The van der Waals surface area contributed by atoms with Crippen LogP contribution in [0.25, 0.3) is 5.82 Å². The summed E-state index contributed by atoms with van der Waals surface area (Å²) >= 11 is 0. The molecule has 0 unspecified atom stereocenters. The van der Waals surface area contributed by atoms with Crippen LogP contribution in [0.2, 0.25) is 0 Å². The number of H-pyrrole nitrogens is 1. The average molecular weight is 324 g/mol. The molecular formula is C18H16N2O4. The molecule has 0 aliphatic carbocycles. The smallest absolute Gasteiger partial charge is 0.203 e. The number of pyridine rings is 2. The van der Waals surface area contributed by atoms with Gasteiger partial charge in [0.1, 0.15) is 18.2 Å². The Kier molecular flexibility index (Phi) is 4.47. The van der Waals surface area contributed by atoms with Gasteiger partial charge in [-0.25, -0.2) is 0 Å². The second-order valence-corrected chi connectivity index (χ2v) is 5.12. The summed E-state index contributed by atoms with van der Waals surface area (Å²) in [5.74, 6) is 1.63. The fourth-order valence-electron chi connectivity index (χ4n) is 2.22. The van der Waals surface area contributed by atoms with Crippen molar-refractivity contribution in [3.05, 3.63) is 86.9 Å². The zero-order valence-corrected chi connectivity index (χ0v) is 13.1. The molecule has 6 heteroatoms. The van der Waals surface area contributed by atoms with E-state index in [0.717, 1.165) is 11.3 Å². The SMILES string of the molecule is COc1ccc(COc2cc(=O)ccn2-c2cc(=O)cc[nH]2)cc1. The summed E-state index contributed by atoms with van der Waals surface area (Å²) in [5, 5.41) is 0. The largest absolute Gasteiger partial charge is 0.497 e. The van der Waals surface area contributed by atoms with Crippen LogP contribution in [0.3, 0.4) is 0 Å². The zero-order valence-electron chi connectivity index (χ0n) is 13.1. The lowest BCUT2D eigenvalue weighted by Gasteiger charge is -2.14. The Morgan fingerprint density at radius 1 is 1.00 bits per heavy atom. The van der Waals surface area contributed by atoms with Crippen LogP contribution < -0.4 is 20.3 Å². The third-order valence-electron chi connectivity index (χ3n) is 3.45. The van der Waals surface area contributed by atoms with Crippen LogP contribution in [0.1, 0.15) is 5.56 Å². The number of rotatable bonds is 5. The molecule has 2 aromatic heterocycles. The van der Waals surface area contributed by atoms with Crippen LogP contribution in [0.15, 0.2) is 70.5 Å². The van der Waals surface area contributed by atoms with Gasteiger partial charge in [-0.15, -0.1) is 0 Å². The van der Waals surface area contributed by atoms with Crippen molar-refractivity contribution in [3.8, 4) is 17.4 Å². The van der Waals surface area contributed by atoms with E-state index in [4.69, 9.17) is 9.47 Å². The van der Waals surface area contributed by atoms with Crippen molar-refractivity contribution in [2.24, 2.45) is 0 Å². The van der Waals surface area contributed by atoms with Gasteiger partial charge in [-0.1, -0.05) is 12.1 Å². The minimum Gasteiger partial charge on any atom is -0.497 e. The van der Waals surface area contributed by atoms with E-state index in [-0.39, 0.29) is 17.5 Å². The van der Waals surface area contributed by atoms with Crippen molar-refractivity contribution in [1.29, 1.82) is 0 Å². The summed E-state index contributed by atoms with van der Waals surface area (Å²) in [5.41, 5.74) is 0.623. The molecule has 6 nitrogen and oxygen atoms in total. The molecule has 0 saturated heterocycles. The number of nitrogens with one attached hydrogen (secondary N) is 1. The Balaban J connectivity index is 1.88. The predicted molar refractivity (Wildman–Crippen MR) is 90.0 cm³/mol. The number of hydrogen-bond acceptors (Lipinski definition) is 4. The molecule has 0 aliphatic heterocycles. The minimum atomic E-state index is -0.172. The fraction of sp³-hybridized carbons (Fsp3) is 0.111. The van der Waals surface area contributed by atoms with Crippen LogP contribution in [0, 0.1) is 0 Å². The van der Waals surface area contributed by atoms with Gasteiger partial charge < -0.3 is 14.5 Å². The number of aromatic amines is 1. The molecule has 1 aromatic carbocycles. The molecule has 0 saturated carbocycles. The number of ether oxygens (including phenoxy) is 2. The molecule has 0 fully saturated rings. The molecular weight excluding hydrogens is 308 g/mol.